The second-order valence-corrected chi connectivity index (χ2v) is 5.80. The van der Waals surface area contributed by atoms with E-state index in [-0.39, 0.29) is 11.9 Å². The van der Waals surface area contributed by atoms with Gasteiger partial charge in [-0.15, -0.1) is 11.8 Å². The van der Waals surface area contributed by atoms with Crippen LogP contribution in [0.3, 0.4) is 0 Å². The molecule has 1 fully saturated rings. The molecule has 1 heterocycles. The molecular formula is C15H21NO2S. The van der Waals surface area contributed by atoms with Crippen LogP contribution in [0.5, 0.6) is 0 Å². The summed E-state index contributed by atoms with van der Waals surface area (Å²) in [4.78, 5) is 15.6. The standard InChI is InChI=1S/C15H21NO2S/c1-12-10-16(8-3-9-18-12)11-15(17)13-4-6-14(19-2)7-5-13/h4-7,12H,3,8-11H2,1-2H3. The van der Waals surface area contributed by atoms with Gasteiger partial charge in [0.1, 0.15) is 0 Å². The van der Waals surface area contributed by atoms with E-state index in [1.807, 2.05) is 30.5 Å². The topological polar surface area (TPSA) is 29.5 Å². The Morgan fingerprint density at radius 2 is 2.16 bits per heavy atom. The molecule has 0 aliphatic carbocycles. The van der Waals surface area contributed by atoms with Crippen molar-refractivity contribution in [3.8, 4) is 0 Å². The van der Waals surface area contributed by atoms with Gasteiger partial charge in [0.05, 0.1) is 12.6 Å². The summed E-state index contributed by atoms with van der Waals surface area (Å²) in [5.41, 5.74) is 0.801. The molecule has 0 radical (unpaired) electrons. The molecule has 1 aromatic rings. The molecule has 1 aliphatic rings. The molecule has 19 heavy (non-hydrogen) atoms. The van der Waals surface area contributed by atoms with Crippen molar-refractivity contribution in [3.63, 3.8) is 0 Å². The van der Waals surface area contributed by atoms with Crippen LogP contribution in [-0.4, -0.2) is 49.3 Å². The van der Waals surface area contributed by atoms with Crippen LogP contribution in [0.4, 0.5) is 0 Å². The third kappa shape index (κ3) is 4.34. The fourth-order valence-corrected chi connectivity index (χ4v) is 2.70. The van der Waals surface area contributed by atoms with E-state index < -0.39 is 0 Å². The minimum absolute atomic E-state index is 0.196. The van der Waals surface area contributed by atoms with Gasteiger partial charge in [-0.2, -0.15) is 0 Å². The van der Waals surface area contributed by atoms with E-state index >= 15 is 0 Å². The van der Waals surface area contributed by atoms with Crippen LogP contribution in [0.2, 0.25) is 0 Å². The molecule has 4 heteroatoms. The predicted molar refractivity (Wildman–Crippen MR) is 79.0 cm³/mol. The summed E-state index contributed by atoms with van der Waals surface area (Å²) in [6.45, 7) is 5.14. The molecule has 0 bridgehead atoms. The first-order valence-electron chi connectivity index (χ1n) is 6.70. The van der Waals surface area contributed by atoms with Crippen LogP contribution in [0.25, 0.3) is 0 Å². The molecule has 1 aromatic carbocycles. The third-order valence-electron chi connectivity index (χ3n) is 3.32. The highest BCUT2D eigenvalue weighted by atomic mass is 32.2. The van der Waals surface area contributed by atoms with Gasteiger partial charge in [0.15, 0.2) is 5.78 Å². The Morgan fingerprint density at radius 3 is 2.84 bits per heavy atom. The number of hydrogen-bond donors (Lipinski definition) is 0. The van der Waals surface area contributed by atoms with Crippen molar-refractivity contribution in [2.75, 3.05) is 32.5 Å². The number of ether oxygens (including phenoxy) is 1. The zero-order chi connectivity index (χ0) is 13.7. The number of rotatable bonds is 4. The fourth-order valence-electron chi connectivity index (χ4n) is 2.30. The number of Topliss-reactive ketones (excluding diaryl/α,β-unsaturated/α-hetero) is 1. The summed E-state index contributed by atoms with van der Waals surface area (Å²) in [5, 5.41) is 0. The molecule has 0 spiro atoms. The fraction of sp³-hybridized carbons (Fsp3) is 0.533. The quantitative estimate of drug-likeness (QED) is 0.626. The van der Waals surface area contributed by atoms with E-state index in [1.54, 1.807) is 11.8 Å². The predicted octanol–water partition coefficient (Wildman–Crippen LogP) is 2.70. The smallest absolute Gasteiger partial charge is 0.176 e. The van der Waals surface area contributed by atoms with Gasteiger partial charge in [0.2, 0.25) is 0 Å². The normalized spacial score (nSPS) is 21.1. The second kappa shape index (κ2) is 7.08. The van der Waals surface area contributed by atoms with Crippen LogP contribution >= 0.6 is 11.8 Å². The first kappa shape index (κ1) is 14.6. The maximum Gasteiger partial charge on any atom is 0.176 e. The second-order valence-electron chi connectivity index (χ2n) is 4.92. The lowest BCUT2D eigenvalue weighted by Crippen LogP contribution is -2.34. The molecule has 2 rings (SSSR count). The molecule has 1 aliphatic heterocycles. The Kier molecular flexibility index (Phi) is 5.43. The van der Waals surface area contributed by atoms with Gasteiger partial charge in [0, 0.05) is 30.2 Å². The van der Waals surface area contributed by atoms with E-state index in [9.17, 15) is 4.79 Å². The maximum absolute atomic E-state index is 12.2. The van der Waals surface area contributed by atoms with Gasteiger partial charge in [-0.3, -0.25) is 9.69 Å². The molecule has 0 saturated carbocycles. The minimum atomic E-state index is 0.196. The van der Waals surface area contributed by atoms with Gasteiger partial charge in [-0.25, -0.2) is 0 Å². The number of nitrogens with zero attached hydrogens (tertiary/aromatic N) is 1. The number of ketones is 1. The highest BCUT2D eigenvalue weighted by Gasteiger charge is 2.18. The van der Waals surface area contributed by atoms with Crippen LogP contribution in [0.1, 0.15) is 23.7 Å². The number of hydrogen-bond acceptors (Lipinski definition) is 4. The molecule has 0 N–H and O–H groups in total. The van der Waals surface area contributed by atoms with Gasteiger partial charge in [-0.1, -0.05) is 12.1 Å². The number of benzene rings is 1. The molecule has 1 saturated heterocycles. The Balaban J connectivity index is 1.95. The van der Waals surface area contributed by atoms with Crippen molar-refractivity contribution >= 4 is 17.5 Å². The van der Waals surface area contributed by atoms with Crippen LogP contribution in [0.15, 0.2) is 29.2 Å². The van der Waals surface area contributed by atoms with Crippen molar-refractivity contribution < 1.29 is 9.53 Å². The molecular weight excluding hydrogens is 258 g/mol. The Labute approximate surface area is 119 Å². The molecule has 0 aromatic heterocycles. The van der Waals surface area contributed by atoms with Crippen LogP contribution in [-0.2, 0) is 4.74 Å². The average Bonchev–Trinajstić information content (AvgIpc) is 2.63. The highest BCUT2D eigenvalue weighted by molar-refractivity contribution is 7.98. The van der Waals surface area contributed by atoms with Crippen LogP contribution < -0.4 is 0 Å². The molecule has 104 valence electrons. The Bertz CT molecular complexity index is 419. The van der Waals surface area contributed by atoms with Gasteiger partial charge in [0.25, 0.3) is 0 Å². The first-order valence-corrected chi connectivity index (χ1v) is 7.92. The summed E-state index contributed by atoms with van der Waals surface area (Å²) in [6.07, 6.45) is 3.26. The van der Waals surface area contributed by atoms with E-state index in [4.69, 9.17) is 4.74 Å². The first-order chi connectivity index (χ1) is 9.19. The van der Waals surface area contributed by atoms with Crippen molar-refractivity contribution in [1.82, 2.24) is 4.90 Å². The lowest BCUT2D eigenvalue weighted by Gasteiger charge is -2.20. The largest absolute Gasteiger partial charge is 0.377 e. The summed E-state index contributed by atoms with van der Waals surface area (Å²) in [5.74, 6) is 0.196. The average molecular weight is 279 g/mol. The number of carbonyl (C=O) groups is 1. The minimum Gasteiger partial charge on any atom is -0.377 e. The van der Waals surface area contributed by atoms with E-state index in [1.165, 1.54) is 4.90 Å². The van der Waals surface area contributed by atoms with Gasteiger partial charge < -0.3 is 4.74 Å². The van der Waals surface area contributed by atoms with Crippen molar-refractivity contribution in [1.29, 1.82) is 0 Å². The van der Waals surface area contributed by atoms with E-state index in [0.717, 1.165) is 31.7 Å². The Morgan fingerprint density at radius 1 is 1.42 bits per heavy atom. The van der Waals surface area contributed by atoms with E-state index in [0.29, 0.717) is 6.54 Å². The summed E-state index contributed by atoms with van der Waals surface area (Å²) in [7, 11) is 0. The molecule has 3 nitrogen and oxygen atoms in total. The lowest BCUT2D eigenvalue weighted by molar-refractivity contribution is 0.0657. The van der Waals surface area contributed by atoms with Gasteiger partial charge in [-0.05, 0) is 31.7 Å². The van der Waals surface area contributed by atoms with Crippen molar-refractivity contribution in [3.05, 3.63) is 29.8 Å². The SMILES string of the molecule is CSc1ccc(C(=O)CN2CCCOC(C)C2)cc1. The van der Waals surface area contributed by atoms with Gasteiger partial charge >= 0.3 is 0 Å². The molecule has 1 unspecified atom stereocenters. The summed E-state index contributed by atoms with van der Waals surface area (Å²) >= 11 is 1.69. The van der Waals surface area contributed by atoms with Crippen molar-refractivity contribution in [2.45, 2.75) is 24.3 Å². The Hall–Kier alpha value is -0.840. The van der Waals surface area contributed by atoms with Crippen LogP contribution in [0, 0.1) is 0 Å². The number of carbonyl (C=O) groups excluding carboxylic acids is 1. The zero-order valence-corrected chi connectivity index (χ0v) is 12.4. The van der Waals surface area contributed by atoms with E-state index in [2.05, 4.69) is 11.8 Å². The molecule has 1 atom stereocenters. The molecule has 0 amide bonds. The third-order valence-corrected chi connectivity index (χ3v) is 4.06. The van der Waals surface area contributed by atoms with Crippen molar-refractivity contribution in [2.24, 2.45) is 0 Å². The monoisotopic (exact) mass is 279 g/mol. The lowest BCUT2D eigenvalue weighted by atomic mass is 10.1. The highest BCUT2D eigenvalue weighted by Crippen LogP contribution is 2.15. The summed E-state index contributed by atoms with van der Waals surface area (Å²) < 4.78 is 5.59. The number of thioether (sulfide) groups is 1. The summed E-state index contributed by atoms with van der Waals surface area (Å²) in [6, 6.07) is 7.86. The zero-order valence-electron chi connectivity index (χ0n) is 11.6. The maximum atomic E-state index is 12.2.